The summed E-state index contributed by atoms with van der Waals surface area (Å²) < 4.78 is 0. The number of aromatic nitrogens is 2. The maximum atomic E-state index is 12.9. The summed E-state index contributed by atoms with van der Waals surface area (Å²) in [5.41, 5.74) is 2.10. The lowest BCUT2D eigenvalue weighted by atomic mass is 10.0. The Kier molecular flexibility index (Phi) is 4.10. The van der Waals surface area contributed by atoms with Gasteiger partial charge in [-0.05, 0) is 38.4 Å². The number of nitrogens with one attached hydrogen (secondary N) is 1. The van der Waals surface area contributed by atoms with E-state index in [1.54, 1.807) is 12.4 Å². The van der Waals surface area contributed by atoms with Crippen LogP contribution in [-0.2, 0) is 0 Å². The molecule has 0 radical (unpaired) electrons. The van der Waals surface area contributed by atoms with Gasteiger partial charge in [-0.1, -0.05) is 6.07 Å². The maximum Gasteiger partial charge on any atom is 0.256 e. The summed E-state index contributed by atoms with van der Waals surface area (Å²) >= 11 is 0. The molecule has 5 nitrogen and oxygen atoms in total. The molecular weight excluding hydrogens is 264 g/mol. The molecule has 1 saturated heterocycles. The summed E-state index contributed by atoms with van der Waals surface area (Å²) in [6.07, 6.45) is 5.46. The molecule has 1 atom stereocenters. The van der Waals surface area contributed by atoms with Crippen molar-refractivity contribution in [2.45, 2.75) is 25.8 Å². The van der Waals surface area contributed by atoms with Crippen LogP contribution in [0.2, 0.25) is 0 Å². The van der Waals surface area contributed by atoms with Crippen molar-refractivity contribution in [2.24, 2.45) is 0 Å². The highest BCUT2D eigenvalue weighted by atomic mass is 16.2. The average Bonchev–Trinajstić information content (AvgIpc) is 2.56. The van der Waals surface area contributed by atoms with Crippen molar-refractivity contribution in [3.63, 3.8) is 0 Å². The Hall–Kier alpha value is -2.01. The number of rotatable bonds is 3. The molecule has 1 unspecified atom stereocenters. The predicted molar refractivity (Wildman–Crippen MR) is 82.1 cm³/mol. The summed E-state index contributed by atoms with van der Waals surface area (Å²) in [6, 6.07) is 5.87. The molecule has 110 valence electrons. The summed E-state index contributed by atoms with van der Waals surface area (Å²) in [5.74, 6) is 0.0531. The molecule has 1 aromatic heterocycles. The van der Waals surface area contributed by atoms with Gasteiger partial charge in [-0.2, -0.15) is 0 Å². The first kappa shape index (κ1) is 13.9. The van der Waals surface area contributed by atoms with Crippen molar-refractivity contribution in [2.75, 3.05) is 19.6 Å². The van der Waals surface area contributed by atoms with Crippen LogP contribution < -0.4 is 5.32 Å². The highest BCUT2D eigenvalue weighted by Crippen LogP contribution is 2.19. The Bertz CT molecular complexity index is 632. The van der Waals surface area contributed by atoms with Gasteiger partial charge in [0.05, 0.1) is 11.1 Å². The highest BCUT2D eigenvalue weighted by Gasteiger charge is 2.26. The quantitative estimate of drug-likeness (QED) is 0.934. The topological polar surface area (TPSA) is 58.1 Å². The molecule has 0 aliphatic carbocycles. The fourth-order valence-electron chi connectivity index (χ4n) is 2.99. The second-order valence-electron chi connectivity index (χ2n) is 5.32. The third-order valence-electron chi connectivity index (χ3n) is 4.04. The van der Waals surface area contributed by atoms with E-state index in [2.05, 4.69) is 15.3 Å². The normalized spacial score (nSPS) is 18.6. The first-order valence-corrected chi connectivity index (χ1v) is 7.52. The maximum absolute atomic E-state index is 12.9. The monoisotopic (exact) mass is 284 g/mol. The van der Waals surface area contributed by atoms with Gasteiger partial charge in [0, 0.05) is 31.5 Å². The third-order valence-corrected chi connectivity index (χ3v) is 4.04. The third kappa shape index (κ3) is 2.74. The van der Waals surface area contributed by atoms with Crippen LogP contribution in [0.15, 0.2) is 30.6 Å². The zero-order chi connectivity index (χ0) is 14.7. The molecule has 0 bridgehead atoms. The van der Waals surface area contributed by atoms with Crippen LogP contribution in [0, 0.1) is 0 Å². The Morgan fingerprint density at radius 1 is 1.38 bits per heavy atom. The number of amides is 1. The van der Waals surface area contributed by atoms with Gasteiger partial charge in [0.1, 0.15) is 5.52 Å². The number of hydrogen-bond acceptors (Lipinski definition) is 4. The zero-order valence-corrected chi connectivity index (χ0v) is 12.2. The molecule has 1 fully saturated rings. The molecule has 1 amide bonds. The fourth-order valence-corrected chi connectivity index (χ4v) is 2.99. The Morgan fingerprint density at radius 2 is 2.24 bits per heavy atom. The number of fused-ring (bicyclic) bond motifs is 1. The summed E-state index contributed by atoms with van der Waals surface area (Å²) in [5, 5.41) is 3.37. The first-order chi connectivity index (χ1) is 10.3. The number of carbonyl (C=O) groups is 1. The van der Waals surface area contributed by atoms with Crippen LogP contribution in [0.5, 0.6) is 0 Å². The zero-order valence-electron chi connectivity index (χ0n) is 12.2. The van der Waals surface area contributed by atoms with Crippen molar-refractivity contribution >= 4 is 16.9 Å². The second-order valence-corrected chi connectivity index (χ2v) is 5.32. The van der Waals surface area contributed by atoms with E-state index in [0.717, 1.165) is 31.4 Å². The van der Waals surface area contributed by atoms with E-state index in [1.165, 1.54) is 0 Å². The number of nitrogens with zero attached hydrogens (tertiary/aromatic N) is 3. The van der Waals surface area contributed by atoms with Gasteiger partial charge >= 0.3 is 0 Å². The van der Waals surface area contributed by atoms with Crippen LogP contribution in [-0.4, -0.2) is 46.5 Å². The summed E-state index contributed by atoms with van der Waals surface area (Å²) in [6.45, 7) is 4.66. The van der Waals surface area contributed by atoms with Gasteiger partial charge < -0.3 is 10.2 Å². The van der Waals surface area contributed by atoms with Crippen LogP contribution in [0.4, 0.5) is 0 Å². The largest absolute Gasteiger partial charge is 0.335 e. The number of piperidine rings is 1. The minimum atomic E-state index is 0.0531. The lowest BCUT2D eigenvalue weighted by Gasteiger charge is -2.34. The highest BCUT2D eigenvalue weighted by molar-refractivity contribution is 6.04. The lowest BCUT2D eigenvalue weighted by molar-refractivity contribution is 0.0664. The Balaban J connectivity index is 1.94. The number of carbonyl (C=O) groups excluding carboxylic acids is 1. The van der Waals surface area contributed by atoms with Gasteiger partial charge in [-0.25, -0.2) is 0 Å². The molecule has 5 heteroatoms. The molecule has 0 spiro atoms. The van der Waals surface area contributed by atoms with E-state index in [4.69, 9.17) is 0 Å². The fraction of sp³-hybridized carbons (Fsp3) is 0.438. The van der Waals surface area contributed by atoms with E-state index in [-0.39, 0.29) is 11.9 Å². The predicted octanol–water partition coefficient (Wildman–Crippen LogP) is 1.84. The van der Waals surface area contributed by atoms with E-state index in [0.29, 0.717) is 17.6 Å². The van der Waals surface area contributed by atoms with Crippen LogP contribution in [0.3, 0.4) is 0 Å². The molecule has 21 heavy (non-hydrogen) atoms. The van der Waals surface area contributed by atoms with Crippen LogP contribution in [0.25, 0.3) is 11.0 Å². The lowest BCUT2D eigenvalue weighted by Crippen LogP contribution is -2.48. The van der Waals surface area contributed by atoms with Crippen molar-refractivity contribution in [3.8, 4) is 0 Å². The van der Waals surface area contributed by atoms with Crippen molar-refractivity contribution in [1.82, 2.24) is 20.2 Å². The Labute approximate surface area is 124 Å². The van der Waals surface area contributed by atoms with E-state index in [9.17, 15) is 4.79 Å². The van der Waals surface area contributed by atoms with Gasteiger partial charge in [-0.3, -0.25) is 14.8 Å². The molecule has 2 heterocycles. The Morgan fingerprint density at radius 3 is 3.00 bits per heavy atom. The summed E-state index contributed by atoms with van der Waals surface area (Å²) in [4.78, 5) is 23.5. The molecular formula is C16H20N4O. The first-order valence-electron chi connectivity index (χ1n) is 7.52. The minimum absolute atomic E-state index is 0.0531. The minimum Gasteiger partial charge on any atom is -0.335 e. The van der Waals surface area contributed by atoms with Gasteiger partial charge in [0.15, 0.2) is 0 Å². The molecule has 2 aromatic rings. The SMILES string of the molecule is CCN(C(=O)c1cccc2nccnc12)C1CCCNC1. The molecule has 1 aliphatic rings. The van der Waals surface area contributed by atoms with Crippen molar-refractivity contribution in [1.29, 1.82) is 0 Å². The molecule has 0 saturated carbocycles. The average molecular weight is 284 g/mol. The smallest absolute Gasteiger partial charge is 0.256 e. The summed E-state index contributed by atoms with van der Waals surface area (Å²) in [7, 11) is 0. The standard InChI is InChI=1S/C16H20N4O/c1-2-20(12-5-4-8-17-11-12)16(21)13-6-3-7-14-15(13)19-10-9-18-14/h3,6-7,9-10,12,17H,2,4-5,8,11H2,1H3. The van der Waals surface area contributed by atoms with Gasteiger partial charge in [0.25, 0.3) is 5.91 Å². The van der Waals surface area contributed by atoms with Crippen molar-refractivity contribution < 1.29 is 4.79 Å². The van der Waals surface area contributed by atoms with Gasteiger partial charge in [-0.15, -0.1) is 0 Å². The van der Waals surface area contributed by atoms with Crippen LogP contribution in [0.1, 0.15) is 30.1 Å². The molecule has 1 aliphatic heterocycles. The molecule has 3 rings (SSSR count). The van der Waals surface area contributed by atoms with E-state index >= 15 is 0 Å². The van der Waals surface area contributed by atoms with E-state index in [1.807, 2.05) is 30.0 Å². The van der Waals surface area contributed by atoms with Gasteiger partial charge in [0.2, 0.25) is 0 Å². The number of hydrogen-bond donors (Lipinski definition) is 1. The van der Waals surface area contributed by atoms with Crippen molar-refractivity contribution in [3.05, 3.63) is 36.2 Å². The second kappa shape index (κ2) is 6.18. The van der Waals surface area contributed by atoms with Crippen LogP contribution >= 0.6 is 0 Å². The van der Waals surface area contributed by atoms with E-state index < -0.39 is 0 Å². The number of para-hydroxylation sites is 1. The number of likely N-dealkylation sites (N-methyl/N-ethyl adjacent to an activating group) is 1. The molecule has 1 N–H and O–H groups in total. The number of benzene rings is 1. The molecule has 1 aromatic carbocycles.